The van der Waals surface area contributed by atoms with E-state index >= 15 is 0 Å². The number of halogens is 3. The molecule has 2 heterocycles. The smallest absolute Gasteiger partial charge is 0.143 e. The van der Waals surface area contributed by atoms with Gasteiger partial charge in [0.1, 0.15) is 10.4 Å². The second-order valence-corrected chi connectivity index (χ2v) is 6.57. The first-order valence-electron chi connectivity index (χ1n) is 6.55. The van der Waals surface area contributed by atoms with Gasteiger partial charge in [0.05, 0.1) is 29.6 Å². The minimum atomic E-state index is 0.104. The Bertz CT molecular complexity index is 694. The maximum Gasteiger partial charge on any atom is 0.143 e. The summed E-state index contributed by atoms with van der Waals surface area (Å²) in [7, 11) is 0. The molecule has 1 aliphatic heterocycles. The zero-order valence-electron chi connectivity index (χ0n) is 11.3. The predicted molar refractivity (Wildman–Crippen MR) is 89.6 cm³/mol. The normalized spacial score (nSPS) is 17.0. The molecule has 1 aromatic heterocycles. The molecule has 6 heteroatoms. The lowest BCUT2D eigenvalue weighted by molar-refractivity contribution is 0.274. The van der Waals surface area contributed by atoms with Crippen LogP contribution in [0.25, 0.3) is 0 Å². The Morgan fingerprint density at radius 1 is 1.33 bits per heavy atom. The third kappa shape index (κ3) is 3.12. The Hall–Kier alpha value is -0.970. The van der Waals surface area contributed by atoms with E-state index in [1.807, 2.05) is 13.0 Å². The summed E-state index contributed by atoms with van der Waals surface area (Å²) >= 11 is 15.7. The van der Waals surface area contributed by atoms with Gasteiger partial charge in [-0.2, -0.15) is 0 Å². The molecule has 1 aromatic carbocycles. The van der Waals surface area contributed by atoms with Gasteiger partial charge in [0.15, 0.2) is 0 Å². The monoisotopic (exact) mass is 386 g/mol. The van der Waals surface area contributed by atoms with Gasteiger partial charge in [0.2, 0.25) is 0 Å². The van der Waals surface area contributed by atoms with E-state index in [-0.39, 0.29) is 6.04 Å². The molecule has 1 aliphatic rings. The molecule has 0 spiro atoms. The molecule has 21 heavy (non-hydrogen) atoms. The number of aromatic nitrogens is 1. The highest BCUT2D eigenvalue weighted by Gasteiger charge is 2.24. The largest absolute Gasteiger partial charge is 0.492 e. The van der Waals surface area contributed by atoms with Gasteiger partial charge >= 0.3 is 0 Å². The average molecular weight is 388 g/mol. The number of hydrogen-bond donors (Lipinski definition) is 1. The summed E-state index contributed by atoms with van der Waals surface area (Å²) in [5.41, 5.74) is 3.03. The molecule has 110 valence electrons. The summed E-state index contributed by atoms with van der Waals surface area (Å²) in [5, 5.41) is 4.64. The van der Waals surface area contributed by atoms with Crippen molar-refractivity contribution >= 4 is 44.8 Å². The predicted octanol–water partition coefficient (Wildman–Crippen LogP) is 5.40. The first-order chi connectivity index (χ1) is 10.0. The highest BCUT2D eigenvalue weighted by atomic mass is 79.9. The maximum atomic E-state index is 6.21. The van der Waals surface area contributed by atoms with E-state index in [9.17, 15) is 0 Å². The van der Waals surface area contributed by atoms with Crippen molar-refractivity contribution in [2.45, 2.75) is 19.4 Å². The van der Waals surface area contributed by atoms with E-state index in [4.69, 9.17) is 27.9 Å². The van der Waals surface area contributed by atoms with Crippen LogP contribution in [0.2, 0.25) is 10.0 Å². The van der Waals surface area contributed by atoms with Crippen LogP contribution in [0.3, 0.4) is 0 Å². The highest BCUT2D eigenvalue weighted by Crippen LogP contribution is 2.41. The van der Waals surface area contributed by atoms with Crippen LogP contribution in [0, 0.1) is 6.92 Å². The van der Waals surface area contributed by atoms with Crippen LogP contribution >= 0.6 is 39.1 Å². The van der Waals surface area contributed by atoms with Crippen molar-refractivity contribution in [1.82, 2.24) is 4.98 Å². The van der Waals surface area contributed by atoms with Crippen LogP contribution in [0.1, 0.15) is 23.6 Å². The van der Waals surface area contributed by atoms with E-state index in [2.05, 4.69) is 32.3 Å². The highest BCUT2D eigenvalue weighted by molar-refractivity contribution is 9.10. The molecule has 1 unspecified atom stereocenters. The van der Waals surface area contributed by atoms with Gasteiger partial charge in [0, 0.05) is 17.0 Å². The zero-order valence-corrected chi connectivity index (χ0v) is 14.4. The number of benzene rings is 1. The Morgan fingerprint density at radius 3 is 2.90 bits per heavy atom. The minimum Gasteiger partial charge on any atom is -0.492 e. The summed E-state index contributed by atoms with van der Waals surface area (Å²) in [6, 6.07) is 5.76. The van der Waals surface area contributed by atoms with Crippen molar-refractivity contribution in [3.05, 3.63) is 50.2 Å². The number of fused-ring (bicyclic) bond motifs is 1. The molecule has 3 nitrogen and oxygen atoms in total. The van der Waals surface area contributed by atoms with Crippen molar-refractivity contribution in [3.63, 3.8) is 0 Å². The topological polar surface area (TPSA) is 34.1 Å². The fourth-order valence-corrected chi connectivity index (χ4v) is 3.19. The average Bonchev–Trinajstić information content (AvgIpc) is 2.44. The van der Waals surface area contributed by atoms with Crippen LogP contribution < -0.4 is 10.1 Å². The van der Waals surface area contributed by atoms with E-state index < -0.39 is 0 Å². The van der Waals surface area contributed by atoms with Crippen LogP contribution in [0.4, 0.5) is 5.69 Å². The first kappa shape index (κ1) is 14.9. The fourth-order valence-electron chi connectivity index (χ4n) is 2.41. The third-order valence-electron chi connectivity index (χ3n) is 3.42. The lowest BCUT2D eigenvalue weighted by atomic mass is 10.00. The van der Waals surface area contributed by atoms with Crippen LogP contribution in [-0.4, -0.2) is 11.6 Å². The lowest BCUT2D eigenvalue weighted by Gasteiger charge is -2.28. The van der Waals surface area contributed by atoms with Gasteiger partial charge in [-0.3, -0.25) is 0 Å². The number of ether oxygens (including phenoxy) is 1. The Labute approximate surface area is 141 Å². The Kier molecular flexibility index (Phi) is 4.29. The van der Waals surface area contributed by atoms with Gasteiger partial charge in [-0.05, 0) is 46.6 Å². The van der Waals surface area contributed by atoms with Gasteiger partial charge in [0.25, 0.3) is 0 Å². The summed E-state index contributed by atoms with van der Waals surface area (Å²) in [5.74, 6) is 0.714. The number of nitrogens with one attached hydrogen (secondary N) is 1. The number of anilines is 1. The van der Waals surface area contributed by atoms with Crippen LogP contribution in [0.15, 0.2) is 29.0 Å². The zero-order chi connectivity index (χ0) is 15.0. The van der Waals surface area contributed by atoms with Crippen LogP contribution in [-0.2, 0) is 0 Å². The first-order valence-corrected chi connectivity index (χ1v) is 8.10. The van der Waals surface area contributed by atoms with Crippen molar-refractivity contribution in [3.8, 4) is 5.75 Å². The number of hydrogen-bond acceptors (Lipinski definition) is 3. The van der Waals surface area contributed by atoms with Gasteiger partial charge in [-0.1, -0.05) is 23.2 Å². The fraction of sp³-hybridized carbons (Fsp3) is 0.267. The van der Waals surface area contributed by atoms with Crippen molar-refractivity contribution < 1.29 is 4.74 Å². The van der Waals surface area contributed by atoms with Gasteiger partial charge < -0.3 is 10.1 Å². The van der Waals surface area contributed by atoms with E-state index in [1.54, 1.807) is 12.3 Å². The van der Waals surface area contributed by atoms with Crippen molar-refractivity contribution in [2.75, 3.05) is 11.9 Å². The molecule has 0 radical (unpaired) electrons. The standard InChI is InChI=1S/C15H13BrCl2N2O/c1-8-4-10(7-19-15(8)16)20-13-2-3-21-14-11(13)5-9(17)6-12(14)18/h4-7,13,20H,2-3H2,1H3. The summed E-state index contributed by atoms with van der Waals surface area (Å²) < 4.78 is 6.52. The molecule has 0 aliphatic carbocycles. The number of aryl methyl sites for hydroxylation is 1. The molecule has 0 bridgehead atoms. The molecule has 0 fully saturated rings. The molecule has 3 rings (SSSR count). The van der Waals surface area contributed by atoms with E-state index in [0.717, 1.165) is 27.8 Å². The molecular weight excluding hydrogens is 375 g/mol. The quantitative estimate of drug-likeness (QED) is 0.701. The summed E-state index contributed by atoms with van der Waals surface area (Å²) in [6.07, 6.45) is 2.65. The molecule has 2 aromatic rings. The number of pyridine rings is 1. The Morgan fingerprint density at radius 2 is 2.14 bits per heavy atom. The van der Waals surface area contributed by atoms with Crippen molar-refractivity contribution in [1.29, 1.82) is 0 Å². The van der Waals surface area contributed by atoms with Gasteiger partial charge in [-0.15, -0.1) is 0 Å². The van der Waals surface area contributed by atoms with Crippen molar-refractivity contribution in [2.24, 2.45) is 0 Å². The Balaban J connectivity index is 1.93. The number of rotatable bonds is 2. The minimum absolute atomic E-state index is 0.104. The molecule has 1 N–H and O–H groups in total. The maximum absolute atomic E-state index is 6.21. The van der Waals surface area contributed by atoms with Crippen LogP contribution in [0.5, 0.6) is 5.75 Å². The number of nitrogens with zero attached hydrogens (tertiary/aromatic N) is 1. The second-order valence-electron chi connectivity index (χ2n) is 4.97. The van der Waals surface area contributed by atoms with Gasteiger partial charge in [-0.25, -0.2) is 4.98 Å². The van der Waals surface area contributed by atoms with E-state index in [0.29, 0.717) is 22.4 Å². The molecule has 0 saturated heterocycles. The SMILES string of the molecule is Cc1cc(NC2CCOc3c(Cl)cc(Cl)cc32)cnc1Br. The van der Waals surface area contributed by atoms with E-state index in [1.165, 1.54) is 0 Å². The molecule has 0 saturated carbocycles. The summed E-state index contributed by atoms with van der Waals surface area (Å²) in [4.78, 5) is 4.31. The molecule has 0 amide bonds. The summed E-state index contributed by atoms with van der Waals surface area (Å²) in [6.45, 7) is 2.63. The lowest BCUT2D eigenvalue weighted by Crippen LogP contribution is -2.20. The third-order valence-corrected chi connectivity index (χ3v) is 4.75. The molecule has 1 atom stereocenters. The molecular formula is C15H13BrCl2N2O. The second kappa shape index (κ2) is 6.03.